The molecule has 1 amide bonds. The number of benzene rings is 2. The van der Waals surface area contributed by atoms with Gasteiger partial charge in [0, 0.05) is 29.2 Å². The maximum absolute atomic E-state index is 13.0. The van der Waals surface area contributed by atoms with Gasteiger partial charge in [-0.1, -0.05) is 35.9 Å². The third-order valence-electron chi connectivity index (χ3n) is 4.43. The highest BCUT2D eigenvalue weighted by molar-refractivity contribution is 7.89. The molecule has 0 bridgehead atoms. The number of alkyl halides is 3. The van der Waals surface area contributed by atoms with Crippen molar-refractivity contribution in [2.75, 3.05) is 5.32 Å². The van der Waals surface area contributed by atoms with Crippen LogP contribution in [0.1, 0.15) is 16.7 Å². The zero-order valence-corrected chi connectivity index (χ0v) is 17.1. The number of primary sulfonamides is 1. The smallest absolute Gasteiger partial charge is 0.326 e. The van der Waals surface area contributed by atoms with Gasteiger partial charge in [-0.05, 0) is 30.7 Å². The number of aryl methyl sites for hydroxylation is 1. The fraction of sp³-hybridized carbons (Fsp3) is 0.143. The van der Waals surface area contributed by atoms with E-state index in [0.29, 0.717) is 6.20 Å². The van der Waals surface area contributed by atoms with Crippen molar-refractivity contribution in [3.05, 3.63) is 77.6 Å². The van der Waals surface area contributed by atoms with Crippen LogP contribution in [-0.2, 0) is 27.4 Å². The fourth-order valence-electron chi connectivity index (χ4n) is 2.91. The predicted molar refractivity (Wildman–Crippen MR) is 110 cm³/mol. The van der Waals surface area contributed by atoms with Crippen molar-refractivity contribution < 1.29 is 26.4 Å². The highest BCUT2D eigenvalue weighted by Crippen LogP contribution is 2.34. The van der Waals surface area contributed by atoms with Gasteiger partial charge in [0.15, 0.2) is 0 Å². The molecule has 0 aliphatic carbocycles. The molecule has 0 aliphatic rings. The van der Waals surface area contributed by atoms with Crippen molar-refractivity contribution >= 4 is 21.6 Å². The molecular formula is C21H18F3N3O3S. The lowest BCUT2D eigenvalue weighted by molar-refractivity contribution is -0.137. The molecule has 0 atom stereocenters. The van der Waals surface area contributed by atoms with Crippen molar-refractivity contribution in [3.8, 4) is 11.1 Å². The summed E-state index contributed by atoms with van der Waals surface area (Å²) in [7, 11) is -4.31. The van der Waals surface area contributed by atoms with E-state index in [-0.39, 0.29) is 23.2 Å². The fourth-order valence-corrected chi connectivity index (χ4v) is 3.70. The molecule has 0 fully saturated rings. The molecule has 3 N–H and O–H groups in total. The number of sulfonamides is 1. The number of carbonyl (C=O) groups excluding carboxylic acids is 1. The minimum Gasteiger partial charge on any atom is -0.326 e. The van der Waals surface area contributed by atoms with E-state index >= 15 is 0 Å². The van der Waals surface area contributed by atoms with E-state index in [4.69, 9.17) is 5.14 Å². The van der Waals surface area contributed by atoms with Crippen LogP contribution in [-0.4, -0.2) is 19.3 Å². The van der Waals surface area contributed by atoms with Crippen LogP contribution in [0.4, 0.5) is 18.9 Å². The highest BCUT2D eigenvalue weighted by Gasteiger charge is 2.31. The third kappa shape index (κ3) is 5.68. The van der Waals surface area contributed by atoms with Crippen LogP contribution in [0.15, 0.2) is 65.8 Å². The first-order valence-electron chi connectivity index (χ1n) is 8.98. The molecule has 10 heteroatoms. The average molecular weight is 449 g/mol. The Morgan fingerprint density at radius 3 is 2.35 bits per heavy atom. The van der Waals surface area contributed by atoms with Gasteiger partial charge >= 0.3 is 6.18 Å². The number of hydrogen-bond donors (Lipinski definition) is 2. The van der Waals surface area contributed by atoms with E-state index in [1.165, 1.54) is 12.1 Å². The van der Waals surface area contributed by atoms with Gasteiger partial charge in [-0.25, -0.2) is 13.6 Å². The Morgan fingerprint density at radius 2 is 1.74 bits per heavy atom. The minimum absolute atomic E-state index is 0.0577. The van der Waals surface area contributed by atoms with Crippen molar-refractivity contribution in [2.45, 2.75) is 24.4 Å². The topological polar surface area (TPSA) is 102 Å². The molecule has 0 saturated carbocycles. The lowest BCUT2D eigenvalue weighted by Gasteiger charge is -2.13. The van der Waals surface area contributed by atoms with E-state index in [9.17, 15) is 26.4 Å². The van der Waals surface area contributed by atoms with Gasteiger partial charge in [0.25, 0.3) is 0 Å². The van der Waals surface area contributed by atoms with E-state index < -0.39 is 32.6 Å². The van der Waals surface area contributed by atoms with Crippen molar-refractivity contribution in [2.24, 2.45) is 5.14 Å². The summed E-state index contributed by atoms with van der Waals surface area (Å²) < 4.78 is 63.2. The van der Waals surface area contributed by atoms with Crippen LogP contribution in [0.5, 0.6) is 0 Å². The zero-order chi connectivity index (χ0) is 22.8. The Hall–Kier alpha value is -3.24. The van der Waals surface area contributed by atoms with Crippen molar-refractivity contribution in [1.29, 1.82) is 0 Å². The van der Waals surface area contributed by atoms with Crippen LogP contribution in [0.25, 0.3) is 11.1 Å². The van der Waals surface area contributed by atoms with E-state index in [1.54, 1.807) is 12.1 Å². The number of amides is 1. The Morgan fingerprint density at radius 1 is 1.06 bits per heavy atom. The molecule has 0 radical (unpaired) electrons. The van der Waals surface area contributed by atoms with Crippen LogP contribution < -0.4 is 10.5 Å². The molecule has 31 heavy (non-hydrogen) atoms. The van der Waals surface area contributed by atoms with Crippen molar-refractivity contribution in [1.82, 2.24) is 4.98 Å². The van der Waals surface area contributed by atoms with Gasteiger partial charge in [0.05, 0.1) is 16.9 Å². The normalized spacial score (nSPS) is 11.9. The first-order chi connectivity index (χ1) is 14.4. The molecule has 0 spiro atoms. The van der Waals surface area contributed by atoms with Gasteiger partial charge in [0.1, 0.15) is 0 Å². The summed E-state index contributed by atoms with van der Waals surface area (Å²) in [5.74, 6) is -0.391. The summed E-state index contributed by atoms with van der Waals surface area (Å²) in [6.07, 6.45) is -2.84. The average Bonchev–Trinajstić information content (AvgIpc) is 2.68. The predicted octanol–water partition coefficient (Wildman–Crippen LogP) is 3.90. The number of nitrogens with zero attached hydrogens (tertiary/aromatic N) is 1. The highest BCUT2D eigenvalue weighted by atomic mass is 32.2. The quantitative estimate of drug-likeness (QED) is 0.617. The number of pyridine rings is 1. The number of nitrogens with two attached hydrogens (primary N) is 1. The minimum atomic E-state index is -4.64. The second-order valence-electron chi connectivity index (χ2n) is 6.93. The van der Waals surface area contributed by atoms with Crippen LogP contribution in [0.2, 0.25) is 0 Å². The second-order valence-corrected chi connectivity index (χ2v) is 8.46. The largest absolute Gasteiger partial charge is 0.417 e. The lowest BCUT2D eigenvalue weighted by atomic mass is 10.0. The van der Waals surface area contributed by atoms with Gasteiger partial charge < -0.3 is 5.32 Å². The molecule has 6 nitrogen and oxygen atoms in total. The molecule has 1 aromatic heterocycles. The number of nitrogens with one attached hydrogen (secondary N) is 1. The number of rotatable bonds is 5. The summed E-state index contributed by atoms with van der Waals surface area (Å²) in [5.41, 5.74) is 0.794. The van der Waals surface area contributed by atoms with Gasteiger partial charge in [-0.2, -0.15) is 13.2 Å². The number of anilines is 1. The zero-order valence-electron chi connectivity index (χ0n) is 16.3. The summed E-state index contributed by atoms with van der Waals surface area (Å²) in [5, 5.41) is 7.85. The van der Waals surface area contributed by atoms with Crippen LogP contribution in [0, 0.1) is 6.92 Å². The number of carbonyl (C=O) groups is 1. The van der Waals surface area contributed by atoms with Gasteiger partial charge in [-0.15, -0.1) is 0 Å². The summed E-state index contributed by atoms with van der Waals surface area (Å²) in [6.45, 7) is 1.92. The number of hydrogen-bond acceptors (Lipinski definition) is 4. The van der Waals surface area contributed by atoms with E-state index in [0.717, 1.165) is 29.5 Å². The molecule has 162 valence electrons. The Balaban J connectivity index is 1.92. The van der Waals surface area contributed by atoms with E-state index in [1.807, 2.05) is 19.1 Å². The number of halogens is 3. The Kier molecular flexibility index (Phi) is 6.14. The Bertz CT molecular complexity index is 1220. The van der Waals surface area contributed by atoms with Gasteiger partial charge in [-0.3, -0.25) is 9.78 Å². The standard InChI is InChI=1S/C21H18F3N3O3S/c1-13-2-4-14(5-3-13)8-20(28)27-17-6-7-18(19(10-17)31(25,29)30)15-9-16(12-26-11-15)21(22,23)24/h2-7,9-12H,8H2,1H3,(H,27,28)(H2,25,29,30). The summed E-state index contributed by atoms with van der Waals surface area (Å²) in [4.78, 5) is 15.4. The molecule has 0 saturated heterocycles. The molecule has 1 heterocycles. The Labute approximate surface area is 177 Å². The van der Waals surface area contributed by atoms with Crippen molar-refractivity contribution in [3.63, 3.8) is 0 Å². The number of aromatic nitrogens is 1. The van der Waals surface area contributed by atoms with Crippen LogP contribution in [0.3, 0.4) is 0 Å². The maximum atomic E-state index is 13.0. The third-order valence-corrected chi connectivity index (χ3v) is 5.38. The molecule has 0 aliphatic heterocycles. The molecule has 3 rings (SSSR count). The second kappa shape index (κ2) is 8.48. The molecule has 3 aromatic rings. The monoisotopic (exact) mass is 449 g/mol. The lowest BCUT2D eigenvalue weighted by Crippen LogP contribution is -2.17. The maximum Gasteiger partial charge on any atom is 0.417 e. The first kappa shape index (κ1) is 22.4. The molecule has 0 unspecified atom stereocenters. The van der Waals surface area contributed by atoms with Crippen LogP contribution >= 0.6 is 0 Å². The summed E-state index contributed by atoms with van der Waals surface area (Å²) in [6, 6.07) is 11.9. The first-order valence-corrected chi connectivity index (χ1v) is 10.5. The van der Waals surface area contributed by atoms with Gasteiger partial charge in [0.2, 0.25) is 15.9 Å². The van der Waals surface area contributed by atoms with E-state index in [2.05, 4.69) is 10.3 Å². The SMILES string of the molecule is Cc1ccc(CC(=O)Nc2ccc(-c3cncc(C(F)(F)F)c3)c(S(N)(=O)=O)c2)cc1. The summed E-state index contributed by atoms with van der Waals surface area (Å²) >= 11 is 0. The molecular weight excluding hydrogens is 431 g/mol. The molecule has 2 aromatic carbocycles.